The molecule has 5 fully saturated rings. The molecule has 4 N–H and O–H groups in total. The third kappa shape index (κ3) is 9.82. The van der Waals surface area contributed by atoms with E-state index in [0.717, 1.165) is 18.4 Å². The van der Waals surface area contributed by atoms with Crippen molar-refractivity contribution in [2.24, 2.45) is 23.7 Å². The van der Waals surface area contributed by atoms with Gasteiger partial charge in [-0.2, -0.15) is 0 Å². The van der Waals surface area contributed by atoms with E-state index in [1.54, 1.807) is 33.3 Å². The molecule has 1 saturated carbocycles. The van der Waals surface area contributed by atoms with E-state index in [0.29, 0.717) is 49.2 Å². The molecule has 6 heterocycles. The van der Waals surface area contributed by atoms with Crippen LogP contribution in [0.15, 0.2) is 59.3 Å². The van der Waals surface area contributed by atoms with Crippen molar-refractivity contribution in [3.05, 3.63) is 59.3 Å². The number of hydrogen-bond acceptors (Lipinski definition) is 13. The summed E-state index contributed by atoms with van der Waals surface area (Å²) >= 11 is 0. The van der Waals surface area contributed by atoms with Crippen molar-refractivity contribution in [2.45, 2.75) is 203 Å². The molecule has 1 spiro atoms. The summed E-state index contributed by atoms with van der Waals surface area (Å²) in [5.74, 6) is -2.31. The third-order valence-electron chi connectivity index (χ3n) is 15.5. The average Bonchev–Trinajstić information content (AvgIpc) is 3.62. The number of allylic oxidation sites excluding steroid dienone is 2. The minimum absolute atomic E-state index is 0.0224. The Bertz CT molecular complexity index is 1790. The predicted molar refractivity (Wildman–Crippen MR) is 236 cm³/mol. The van der Waals surface area contributed by atoms with Crippen LogP contribution in [0, 0.1) is 23.7 Å². The van der Waals surface area contributed by atoms with Gasteiger partial charge in [-0.25, -0.2) is 0 Å². The first-order valence-electron chi connectivity index (χ1n) is 24.0. The molecule has 0 aromatic rings. The zero-order valence-corrected chi connectivity index (χ0v) is 39.1. The molecule has 6 aliphatic heterocycles. The first-order chi connectivity index (χ1) is 30.6. The second-order valence-corrected chi connectivity index (χ2v) is 20.0. The number of hydrogen-bond donors (Lipinski definition) is 3. The Hall–Kier alpha value is -2.31. The van der Waals surface area contributed by atoms with Gasteiger partial charge in [-0.1, -0.05) is 69.6 Å². The highest BCUT2D eigenvalue weighted by molar-refractivity contribution is 5.78. The lowest BCUT2D eigenvalue weighted by atomic mass is 9.71. The lowest BCUT2D eigenvalue weighted by Gasteiger charge is -2.49. The van der Waals surface area contributed by atoms with Crippen LogP contribution in [0.5, 0.6) is 0 Å². The van der Waals surface area contributed by atoms with Crippen molar-refractivity contribution in [3.8, 4) is 0 Å². The number of ether oxygens (including phenoxy) is 10. The van der Waals surface area contributed by atoms with Gasteiger partial charge in [0.25, 0.3) is 6.29 Å². The monoisotopic (exact) mass is 900 g/mol. The highest BCUT2D eigenvalue weighted by Crippen LogP contribution is 2.48. The molecule has 2 aliphatic carbocycles. The van der Waals surface area contributed by atoms with Crippen LogP contribution in [-0.4, -0.2) is 144 Å². The summed E-state index contributed by atoms with van der Waals surface area (Å²) in [6.45, 7) is 11.9. The van der Waals surface area contributed by atoms with Crippen molar-refractivity contribution < 1.29 is 67.5 Å². The van der Waals surface area contributed by atoms with Crippen LogP contribution < -0.4 is 0 Å². The van der Waals surface area contributed by atoms with Crippen LogP contribution >= 0.6 is 0 Å². The number of methoxy groups -OCH3 is 2. The Kier molecular flexibility index (Phi) is 15.1. The second kappa shape index (κ2) is 20.1. The minimum atomic E-state index is -1.83. The maximum absolute atomic E-state index is 14.4. The van der Waals surface area contributed by atoms with Gasteiger partial charge < -0.3 is 62.7 Å². The maximum atomic E-state index is 14.4. The summed E-state index contributed by atoms with van der Waals surface area (Å²) in [7, 11) is 3.25. The molecule has 0 aromatic heterocycles. The first-order valence-corrected chi connectivity index (χ1v) is 24.0. The molecule has 358 valence electrons. The van der Waals surface area contributed by atoms with Gasteiger partial charge in [-0.15, -0.1) is 0 Å². The maximum Gasteiger partial charge on any atom is 0.316 e. The molecule has 64 heavy (non-hydrogen) atoms. The molecule has 14 nitrogen and oxygen atoms in total. The highest BCUT2D eigenvalue weighted by Gasteiger charge is 2.60. The van der Waals surface area contributed by atoms with Gasteiger partial charge in [0.1, 0.15) is 42.0 Å². The van der Waals surface area contributed by atoms with Crippen LogP contribution in [0.3, 0.4) is 0 Å². The van der Waals surface area contributed by atoms with Crippen LogP contribution in [-0.2, 0) is 47.4 Å². The summed E-state index contributed by atoms with van der Waals surface area (Å²) in [4.78, 5) is 14.4. The van der Waals surface area contributed by atoms with Gasteiger partial charge in [-0.05, 0) is 68.7 Å². The molecule has 19 atom stereocenters. The molecule has 8 rings (SSSR count). The molecule has 0 aromatic carbocycles. The Morgan fingerprint density at radius 3 is 2.39 bits per heavy atom. The first kappa shape index (κ1) is 48.2. The van der Waals surface area contributed by atoms with E-state index in [-0.39, 0.29) is 49.0 Å². The zero-order valence-electron chi connectivity index (χ0n) is 39.1. The topological polar surface area (TPSA) is 174 Å². The smallest absolute Gasteiger partial charge is 0.316 e. The van der Waals surface area contributed by atoms with Crippen LogP contribution in [0.25, 0.3) is 0 Å². The van der Waals surface area contributed by atoms with Crippen molar-refractivity contribution in [3.63, 3.8) is 0 Å². The van der Waals surface area contributed by atoms with E-state index in [1.807, 2.05) is 32.1 Å². The fourth-order valence-electron chi connectivity index (χ4n) is 11.7. The van der Waals surface area contributed by atoms with Crippen molar-refractivity contribution in [2.75, 3.05) is 20.8 Å². The van der Waals surface area contributed by atoms with E-state index in [9.17, 15) is 20.1 Å². The number of carbonyl (C=O) groups is 1. The van der Waals surface area contributed by atoms with E-state index in [2.05, 4.69) is 32.9 Å². The average molecular weight is 900 g/mol. The molecule has 0 amide bonds. The van der Waals surface area contributed by atoms with Crippen LogP contribution in [0.4, 0.5) is 0 Å². The van der Waals surface area contributed by atoms with Crippen molar-refractivity contribution in [1.29, 1.82) is 0 Å². The van der Waals surface area contributed by atoms with Crippen LogP contribution in [0.2, 0.25) is 0 Å². The Morgan fingerprint density at radius 1 is 0.875 bits per heavy atom. The lowest BCUT2D eigenvalue weighted by molar-refractivity contribution is -0.365. The number of esters is 1. The standard InChI is InChI=1S/C50H74O14/c1-27-13-12-16-34-26-57-47-42(51)30(4)21-37(50(34,47)54)48(53)60-36-22-35(63-49(25-36)20-19-29(3)45(64-49)33-14-10-9-11-15-33)18-17-28(2)44(27)61-41-24-39(56-8)46(32(6)59-41)62-40-23-38(55-7)43(52)31(5)58-40/h12-13,16-17,19-21,27,29,31-33,35-47,51-52,54H,9-11,14-15,18,22-26H2,1-8H3/p+1/b13-12+,28-17+,34-16+/t27-,29-,31-,32-,35+,36-,37-,38-,39?,40-,41-,42+,43-,44?,45-,46-,47+,49?,50+/m0/s1. The third-order valence-corrected chi connectivity index (χ3v) is 15.5. The summed E-state index contributed by atoms with van der Waals surface area (Å²) in [5.41, 5.74) is 0.178. The minimum Gasteiger partial charge on any atom is -0.462 e. The summed E-state index contributed by atoms with van der Waals surface area (Å²) in [5, 5.41) is 34.4. The Morgan fingerprint density at radius 2 is 1.64 bits per heavy atom. The molecule has 0 radical (unpaired) electrons. The number of carbonyl (C=O) groups excluding carboxylic acids is 1. The fourth-order valence-corrected chi connectivity index (χ4v) is 11.7. The van der Waals surface area contributed by atoms with Crippen LogP contribution in [0.1, 0.15) is 106 Å². The number of fused-ring (bicyclic) bond motifs is 2. The predicted octanol–water partition coefficient (Wildman–Crippen LogP) is 5.42. The van der Waals surface area contributed by atoms with E-state index < -0.39 is 78.6 Å². The SMILES string of the molecule is COC1C[C@H](OC2/C(C)=C/C[C@@H]3C[C@@H](CC4(C=C[C@H](C)[C@@H](C5CCCCC5)O4)O3)OC(=O)[C@@H]3C=C(C)[C@@H](O)[C@H]4OC/C(=C\C=C\[C@@H]2C)[C@]43O)O[C@@H](C)[C@@H]1O[C@H]1C[C@H](OC)[C@@H](O)[C@H](C)[OH+]1. The van der Waals surface area contributed by atoms with E-state index in [4.69, 9.17) is 47.4 Å². The van der Waals surface area contributed by atoms with Gasteiger partial charge in [-0.3, -0.25) is 4.79 Å². The molecular formula is C50H75O14+. The van der Waals surface area contributed by atoms with Gasteiger partial charge in [0.2, 0.25) is 0 Å². The number of aliphatic hydroxyl groups excluding tert-OH is 2. The molecular weight excluding hydrogens is 825 g/mol. The molecule has 3 unspecified atom stereocenters. The normalized spacial score (nSPS) is 49.2. The van der Waals surface area contributed by atoms with E-state index in [1.165, 1.54) is 19.3 Å². The summed E-state index contributed by atoms with van der Waals surface area (Å²) in [6.07, 6.45) is 14.4. The van der Waals surface area contributed by atoms with Gasteiger partial charge >= 0.3 is 5.97 Å². The van der Waals surface area contributed by atoms with Gasteiger partial charge in [0, 0.05) is 52.2 Å². The zero-order chi connectivity index (χ0) is 45.5. The largest absolute Gasteiger partial charge is 0.462 e. The Labute approximate surface area is 379 Å². The molecule has 14 heteroatoms. The second-order valence-electron chi connectivity index (χ2n) is 20.0. The Balaban J connectivity index is 1.08. The van der Waals surface area contributed by atoms with Gasteiger partial charge in [0.05, 0.1) is 43.5 Å². The fraction of sp³-hybridized carbons (Fsp3) is 0.780. The number of rotatable bonds is 7. The highest BCUT2D eigenvalue weighted by atomic mass is 16.7. The molecule has 2 bridgehead atoms. The molecule has 4 saturated heterocycles. The summed E-state index contributed by atoms with van der Waals surface area (Å²) < 4.78 is 62.9. The van der Waals surface area contributed by atoms with E-state index >= 15 is 0 Å². The summed E-state index contributed by atoms with van der Waals surface area (Å²) in [6, 6.07) is 0. The van der Waals surface area contributed by atoms with Gasteiger partial charge in [0.15, 0.2) is 24.3 Å². The van der Waals surface area contributed by atoms with Crippen molar-refractivity contribution >= 4 is 5.97 Å². The van der Waals surface area contributed by atoms with Crippen molar-refractivity contribution in [1.82, 2.24) is 0 Å². The quantitative estimate of drug-likeness (QED) is 0.168. The molecule has 8 aliphatic rings. The number of aliphatic hydroxyl groups is 5. The lowest BCUT2D eigenvalue weighted by Crippen LogP contribution is -2.58.